The van der Waals surface area contributed by atoms with Gasteiger partial charge in [0.15, 0.2) is 5.82 Å². The molecule has 0 aromatic carbocycles. The van der Waals surface area contributed by atoms with Gasteiger partial charge in [0, 0.05) is 31.0 Å². The minimum Gasteiger partial charge on any atom is -0.378 e. The normalized spacial score (nSPS) is 18.2. The zero-order valence-corrected chi connectivity index (χ0v) is 15.9. The van der Waals surface area contributed by atoms with E-state index in [1.54, 1.807) is 0 Å². The molecule has 8 heteroatoms. The summed E-state index contributed by atoms with van der Waals surface area (Å²) in [7, 11) is 0. The molecule has 3 heterocycles. The van der Waals surface area contributed by atoms with Crippen LogP contribution in [0.1, 0.15) is 60.3 Å². The number of carbonyl (C=O) groups is 1. The maximum atomic E-state index is 12.5. The molecule has 0 unspecified atom stereocenters. The van der Waals surface area contributed by atoms with E-state index in [4.69, 9.17) is 13.8 Å². The van der Waals surface area contributed by atoms with E-state index in [9.17, 15) is 4.79 Å². The fourth-order valence-electron chi connectivity index (χ4n) is 3.47. The van der Waals surface area contributed by atoms with E-state index in [1.807, 2.05) is 18.7 Å². The Bertz CT molecular complexity index is 768. The number of nitrogens with zero attached hydrogens (tertiary/aromatic N) is 4. The molecule has 8 nitrogen and oxygen atoms in total. The molecule has 146 valence electrons. The Balaban J connectivity index is 1.17. The van der Waals surface area contributed by atoms with Gasteiger partial charge in [-0.2, -0.15) is 4.98 Å². The van der Waals surface area contributed by atoms with Crippen LogP contribution in [0.25, 0.3) is 0 Å². The van der Waals surface area contributed by atoms with Crippen LogP contribution in [0.15, 0.2) is 9.05 Å². The molecule has 2 aromatic heterocycles. The molecular weight excluding hydrogens is 348 g/mol. The number of aryl methyl sites for hydroxylation is 2. The fourth-order valence-corrected chi connectivity index (χ4v) is 3.47. The first kappa shape index (κ1) is 18.2. The molecule has 1 saturated heterocycles. The zero-order chi connectivity index (χ0) is 18.8. The minimum atomic E-state index is 0.127. The van der Waals surface area contributed by atoms with Gasteiger partial charge in [0.1, 0.15) is 5.76 Å². The number of piperidine rings is 1. The summed E-state index contributed by atoms with van der Waals surface area (Å²) in [4.78, 5) is 18.9. The third-order valence-corrected chi connectivity index (χ3v) is 5.39. The van der Waals surface area contributed by atoms with Crippen molar-refractivity contribution in [1.29, 1.82) is 0 Å². The number of aromatic nitrogens is 3. The van der Waals surface area contributed by atoms with Crippen LogP contribution in [0.3, 0.4) is 0 Å². The number of carbonyl (C=O) groups excluding carboxylic acids is 1. The lowest BCUT2D eigenvalue weighted by Crippen LogP contribution is -2.41. The first-order chi connectivity index (χ1) is 13.1. The van der Waals surface area contributed by atoms with Gasteiger partial charge in [-0.1, -0.05) is 10.3 Å². The van der Waals surface area contributed by atoms with Crippen LogP contribution in [-0.2, 0) is 22.4 Å². The fraction of sp³-hybridized carbons (Fsp3) is 0.684. The highest BCUT2D eigenvalue weighted by Gasteiger charge is 2.29. The Morgan fingerprint density at radius 1 is 1.15 bits per heavy atom. The molecule has 1 amide bonds. The third-order valence-electron chi connectivity index (χ3n) is 5.39. The number of amides is 1. The van der Waals surface area contributed by atoms with E-state index in [0.29, 0.717) is 25.4 Å². The predicted molar refractivity (Wildman–Crippen MR) is 95.2 cm³/mol. The van der Waals surface area contributed by atoms with Crippen LogP contribution in [0, 0.1) is 13.8 Å². The summed E-state index contributed by atoms with van der Waals surface area (Å²) < 4.78 is 16.4. The summed E-state index contributed by atoms with van der Waals surface area (Å²) in [5, 5.41) is 7.93. The smallest absolute Gasteiger partial charge is 0.229 e. The summed E-state index contributed by atoms with van der Waals surface area (Å²) in [6, 6.07) is 0. The second kappa shape index (κ2) is 7.80. The van der Waals surface area contributed by atoms with Crippen molar-refractivity contribution in [2.75, 3.05) is 19.7 Å². The van der Waals surface area contributed by atoms with Crippen molar-refractivity contribution in [3.63, 3.8) is 0 Å². The highest BCUT2D eigenvalue weighted by atomic mass is 16.5. The van der Waals surface area contributed by atoms with Gasteiger partial charge in [-0.15, -0.1) is 0 Å². The van der Waals surface area contributed by atoms with E-state index in [2.05, 4.69) is 15.3 Å². The maximum Gasteiger partial charge on any atom is 0.229 e. The number of rotatable bonds is 7. The molecule has 0 atom stereocenters. The average molecular weight is 374 g/mol. The lowest BCUT2D eigenvalue weighted by atomic mass is 10.1. The second-order valence-corrected chi connectivity index (χ2v) is 7.50. The summed E-state index contributed by atoms with van der Waals surface area (Å²) in [5.41, 5.74) is 1.70. The van der Waals surface area contributed by atoms with Crippen molar-refractivity contribution in [2.45, 2.75) is 64.4 Å². The van der Waals surface area contributed by atoms with Crippen LogP contribution in [0.4, 0.5) is 0 Å². The molecular formula is C19H26N4O4. The zero-order valence-electron chi connectivity index (χ0n) is 15.9. The van der Waals surface area contributed by atoms with E-state index in [-0.39, 0.29) is 12.0 Å². The number of hydrogen-bond donors (Lipinski definition) is 0. The number of ether oxygens (including phenoxy) is 1. The summed E-state index contributed by atoms with van der Waals surface area (Å²) in [6.45, 7) is 5.75. The lowest BCUT2D eigenvalue weighted by Gasteiger charge is -2.32. The monoisotopic (exact) mass is 374 g/mol. The van der Waals surface area contributed by atoms with Crippen LogP contribution < -0.4 is 0 Å². The standard InChI is InChI=1S/C19H26N4O4/c1-12-16(13(2)26-21-12)11-18(24)23-8-5-15(6-9-23)25-10-7-17-20-19(27-22-17)14-3-4-14/h14-15H,3-11H2,1-2H3. The van der Waals surface area contributed by atoms with Crippen molar-refractivity contribution in [3.05, 3.63) is 28.7 Å². The molecule has 0 spiro atoms. The molecule has 0 N–H and O–H groups in total. The van der Waals surface area contributed by atoms with Gasteiger partial charge in [-0.3, -0.25) is 4.79 Å². The van der Waals surface area contributed by atoms with Gasteiger partial charge in [-0.25, -0.2) is 0 Å². The molecule has 2 aromatic rings. The lowest BCUT2D eigenvalue weighted by molar-refractivity contribution is -0.133. The molecule has 0 radical (unpaired) electrons. The Hall–Kier alpha value is -2.22. The van der Waals surface area contributed by atoms with E-state index in [0.717, 1.165) is 67.5 Å². The summed E-state index contributed by atoms with van der Waals surface area (Å²) in [6.07, 6.45) is 5.23. The molecule has 0 bridgehead atoms. The second-order valence-electron chi connectivity index (χ2n) is 7.50. The number of likely N-dealkylation sites (tertiary alicyclic amines) is 1. The van der Waals surface area contributed by atoms with E-state index in [1.165, 1.54) is 0 Å². The van der Waals surface area contributed by atoms with Gasteiger partial charge < -0.3 is 18.7 Å². The van der Waals surface area contributed by atoms with Crippen molar-refractivity contribution in [3.8, 4) is 0 Å². The highest BCUT2D eigenvalue weighted by Crippen LogP contribution is 2.38. The van der Waals surface area contributed by atoms with Gasteiger partial charge in [0.2, 0.25) is 11.8 Å². The first-order valence-corrected chi connectivity index (χ1v) is 9.73. The van der Waals surface area contributed by atoms with Crippen LogP contribution >= 0.6 is 0 Å². The Morgan fingerprint density at radius 3 is 2.59 bits per heavy atom. The van der Waals surface area contributed by atoms with Crippen molar-refractivity contribution in [1.82, 2.24) is 20.2 Å². The molecule has 1 aliphatic carbocycles. The topological polar surface area (TPSA) is 94.5 Å². The quantitative estimate of drug-likeness (QED) is 0.734. The third kappa shape index (κ3) is 4.37. The van der Waals surface area contributed by atoms with Gasteiger partial charge in [0.25, 0.3) is 0 Å². The number of hydrogen-bond acceptors (Lipinski definition) is 7. The molecule has 2 aliphatic rings. The summed E-state index contributed by atoms with van der Waals surface area (Å²) in [5.74, 6) is 2.84. The average Bonchev–Trinajstić information content (AvgIpc) is 3.35. The molecule has 27 heavy (non-hydrogen) atoms. The van der Waals surface area contributed by atoms with Gasteiger partial charge >= 0.3 is 0 Å². The molecule has 1 saturated carbocycles. The maximum absolute atomic E-state index is 12.5. The van der Waals surface area contributed by atoms with Crippen molar-refractivity contribution >= 4 is 5.91 Å². The van der Waals surface area contributed by atoms with Crippen molar-refractivity contribution in [2.24, 2.45) is 0 Å². The van der Waals surface area contributed by atoms with E-state index >= 15 is 0 Å². The summed E-state index contributed by atoms with van der Waals surface area (Å²) >= 11 is 0. The first-order valence-electron chi connectivity index (χ1n) is 9.73. The predicted octanol–water partition coefficient (Wildman–Crippen LogP) is 2.34. The molecule has 4 rings (SSSR count). The largest absolute Gasteiger partial charge is 0.378 e. The minimum absolute atomic E-state index is 0.127. The Labute approximate surface area is 158 Å². The molecule has 2 fully saturated rings. The van der Waals surface area contributed by atoms with Crippen LogP contribution in [-0.4, -0.2) is 51.9 Å². The van der Waals surface area contributed by atoms with Crippen molar-refractivity contribution < 1.29 is 18.6 Å². The Kier molecular flexibility index (Phi) is 5.24. The molecule has 1 aliphatic heterocycles. The highest BCUT2D eigenvalue weighted by molar-refractivity contribution is 5.79. The Morgan fingerprint density at radius 2 is 1.93 bits per heavy atom. The van der Waals surface area contributed by atoms with Gasteiger partial charge in [-0.05, 0) is 39.5 Å². The van der Waals surface area contributed by atoms with Crippen LogP contribution in [0.5, 0.6) is 0 Å². The van der Waals surface area contributed by atoms with Gasteiger partial charge in [0.05, 0.1) is 24.8 Å². The van der Waals surface area contributed by atoms with Crippen LogP contribution in [0.2, 0.25) is 0 Å². The van der Waals surface area contributed by atoms with E-state index < -0.39 is 0 Å². The SMILES string of the molecule is Cc1noc(C)c1CC(=O)N1CCC(OCCc2noc(C3CC3)n2)CC1.